The van der Waals surface area contributed by atoms with E-state index in [0.29, 0.717) is 24.9 Å². The van der Waals surface area contributed by atoms with E-state index in [4.69, 9.17) is 9.84 Å². The molecule has 7 heteroatoms. The second-order valence-electron chi connectivity index (χ2n) is 7.72. The molecule has 2 N–H and O–H groups in total. The maximum Gasteiger partial charge on any atom is 0.407 e. The van der Waals surface area contributed by atoms with Gasteiger partial charge in [0.05, 0.1) is 0 Å². The number of carbonyl (C=O) groups is 2. The van der Waals surface area contributed by atoms with Gasteiger partial charge in [-0.25, -0.2) is 9.59 Å². The summed E-state index contributed by atoms with van der Waals surface area (Å²) in [6, 6.07) is 9.63. The lowest BCUT2D eigenvalue weighted by atomic mass is 9.81. The Labute approximate surface area is 160 Å². The summed E-state index contributed by atoms with van der Waals surface area (Å²) in [6.07, 6.45) is 1.08. The van der Waals surface area contributed by atoms with Crippen molar-refractivity contribution >= 4 is 12.2 Å². The van der Waals surface area contributed by atoms with Gasteiger partial charge in [-0.05, 0) is 43.7 Å². The molecular weight excluding hydrogens is 346 g/mol. The molecule has 2 amide bonds. The Kier molecular flexibility index (Phi) is 6.55. The van der Waals surface area contributed by atoms with Gasteiger partial charge in [-0.2, -0.15) is 0 Å². The second kappa shape index (κ2) is 9.08. The molecule has 2 aliphatic heterocycles. The molecule has 1 unspecified atom stereocenters. The van der Waals surface area contributed by atoms with E-state index in [1.807, 2.05) is 37.3 Å². The molecular formula is C20H29N3O4. The molecule has 27 heavy (non-hydrogen) atoms. The van der Waals surface area contributed by atoms with Crippen LogP contribution < -0.4 is 5.32 Å². The Hall–Kier alpha value is -2.28. The average molecular weight is 375 g/mol. The maximum atomic E-state index is 12.0. The van der Waals surface area contributed by atoms with Crippen LogP contribution in [0.25, 0.3) is 0 Å². The van der Waals surface area contributed by atoms with Crippen molar-refractivity contribution in [1.82, 2.24) is 15.1 Å². The number of hydrogen-bond donors (Lipinski definition) is 2. The van der Waals surface area contributed by atoms with Gasteiger partial charge in [0.25, 0.3) is 0 Å². The first-order valence-corrected chi connectivity index (χ1v) is 9.68. The van der Waals surface area contributed by atoms with Crippen LogP contribution >= 0.6 is 0 Å². The van der Waals surface area contributed by atoms with Crippen LogP contribution in [0.15, 0.2) is 30.3 Å². The van der Waals surface area contributed by atoms with Gasteiger partial charge in [-0.15, -0.1) is 0 Å². The highest BCUT2D eigenvalue weighted by Crippen LogP contribution is 2.30. The molecule has 148 valence electrons. The van der Waals surface area contributed by atoms with Crippen LogP contribution in [-0.2, 0) is 11.3 Å². The second-order valence-corrected chi connectivity index (χ2v) is 7.72. The van der Waals surface area contributed by atoms with Crippen molar-refractivity contribution in [2.75, 3.05) is 32.7 Å². The quantitative estimate of drug-likeness (QED) is 0.799. The molecule has 0 spiro atoms. The number of likely N-dealkylation sites (tertiary alicyclic amines) is 2. The van der Waals surface area contributed by atoms with Crippen molar-refractivity contribution in [2.45, 2.75) is 32.4 Å². The molecule has 1 aromatic rings. The third kappa shape index (κ3) is 5.60. The zero-order valence-corrected chi connectivity index (χ0v) is 15.8. The Morgan fingerprint density at radius 1 is 1.22 bits per heavy atom. The van der Waals surface area contributed by atoms with Crippen LogP contribution in [0.1, 0.15) is 25.3 Å². The fraction of sp³-hybridized carbons (Fsp3) is 0.600. The van der Waals surface area contributed by atoms with Gasteiger partial charge >= 0.3 is 12.2 Å². The van der Waals surface area contributed by atoms with E-state index in [2.05, 4.69) is 10.2 Å². The predicted octanol–water partition coefficient (Wildman–Crippen LogP) is 2.62. The highest BCUT2D eigenvalue weighted by atomic mass is 16.5. The van der Waals surface area contributed by atoms with Crippen LogP contribution in [0.3, 0.4) is 0 Å². The normalized spacial score (nSPS) is 22.0. The molecule has 0 bridgehead atoms. The third-order valence-electron chi connectivity index (χ3n) is 5.50. The Balaban J connectivity index is 1.36. The fourth-order valence-corrected chi connectivity index (χ4v) is 4.01. The Morgan fingerprint density at radius 3 is 2.67 bits per heavy atom. The zero-order valence-electron chi connectivity index (χ0n) is 15.8. The van der Waals surface area contributed by atoms with Gasteiger partial charge in [0.2, 0.25) is 0 Å². The number of alkyl carbamates (subject to hydrolysis) is 1. The predicted molar refractivity (Wildman–Crippen MR) is 101 cm³/mol. The standard InChI is InChI=1S/C20H29N3O4/c1-15(21-19(24)27-14-16-6-3-2-4-7-16)10-22-9-5-8-17(11-22)18-12-23(13-18)20(25)26/h2-4,6-7,15,17-18H,5,8-14H2,1H3,(H,21,24)(H,25,26)/t15?,17-/m0/s1. The van der Waals surface area contributed by atoms with Crippen molar-refractivity contribution in [3.63, 3.8) is 0 Å². The monoisotopic (exact) mass is 375 g/mol. The van der Waals surface area contributed by atoms with E-state index in [9.17, 15) is 9.59 Å². The minimum Gasteiger partial charge on any atom is -0.465 e. The first-order chi connectivity index (χ1) is 13.0. The summed E-state index contributed by atoms with van der Waals surface area (Å²) < 4.78 is 5.28. The van der Waals surface area contributed by atoms with Gasteiger partial charge in [0.1, 0.15) is 6.61 Å². The summed E-state index contributed by atoms with van der Waals surface area (Å²) in [7, 11) is 0. The van der Waals surface area contributed by atoms with Gasteiger partial charge in [-0.3, -0.25) is 0 Å². The SMILES string of the molecule is CC(CN1CCC[C@H](C2CN(C(=O)O)C2)C1)NC(=O)OCc1ccccc1. The lowest BCUT2D eigenvalue weighted by Crippen LogP contribution is -2.55. The number of nitrogens with zero attached hydrogens (tertiary/aromatic N) is 2. The highest BCUT2D eigenvalue weighted by Gasteiger charge is 2.37. The molecule has 3 rings (SSSR count). The maximum absolute atomic E-state index is 12.0. The number of rotatable bonds is 6. The lowest BCUT2D eigenvalue weighted by molar-refractivity contribution is 0.0255. The molecule has 2 fully saturated rings. The molecule has 1 aromatic carbocycles. The molecule has 0 saturated carbocycles. The van der Waals surface area contributed by atoms with E-state index in [1.54, 1.807) is 0 Å². The van der Waals surface area contributed by atoms with Gasteiger partial charge in [0, 0.05) is 32.2 Å². The van der Waals surface area contributed by atoms with Crippen LogP contribution in [0, 0.1) is 11.8 Å². The molecule has 2 atom stereocenters. The van der Waals surface area contributed by atoms with E-state index in [-0.39, 0.29) is 12.6 Å². The Morgan fingerprint density at radius 2 is 1.96 bits per heavy atom. The van der Waals surface area contributed by atoms with Crippen molar-refractivity contribution in [2.24, 2.45) is 11.8 Å². The van der Waals surface area contributed by atoms with Gasteiger partial charge in [-0.1, -0.05) is 30.3 Å². The highest BCUT2D eigenvalue weighted by molar-refractivity contribution is 5.67. The minimum atomic E-state index is -0.814. The first kappa shape index (κ1) is 19.5. The number of hydrogen-bond acceptors (Lipinski definition) is 4. The minimum absolute atomic E-state index is 0.00364. The summed E-state index contributed by atoms with van der Waals surface area (Å²) >= 11 is 0. The number of piperidine rings is 1. The van der Waals surface area contributed by atoms with E-state index >= 15 is 0 Å². The topological polar surface area (TPSA) is 82.1 Å². The van der Waals surface area contributed by atoms with Gasteiger partial charge in [0.15, 0.2) is 0 Å². The lowest BCUT2D eigenvalue weighted by Gasteiger charge is -2.45. The van der Waals surface area contributed by atoms with E-state index < -0.39 is 12.2 Å². The fourth-order valence-electron chi connectivity index (χ4n) is 4.01. The smallest absolute Gasteiger partial charge is 0.407 e. The first-order valence-electron chi connectivity index (χ1n) is 9.68. The van der Waals surface area contributed by atoms with Gasteiger partial charge < -0.3 is 25.0 Å². The molecule has 2 heterocycles. The third-order valence-corrected chi connectivity index (χ3v) is 5.50. The van der Waals surface area contributed by atoms with E-state index in [0.717, 1.165) is 38.0 Å². The molecule has 2 aliphatic rings. The molecule has 0 radical (unpaired) electrons. The van der Waals surface area contributed by atoms with Crippen LogP contribution in [0.2, 0.25) is 0 Å². The summed E-state index contributed by atoms with van der Waals surface area (Å²) in [5.74, 6) is 1.02. The zero-order chi connectivity index (χ0) is 19.2. The number of carboxylic acid groups (broad SMARTS) is 1. The summed E-state index contributed by atoms with van der Waals surface area (Å²) in [6.45, 7) is 6.36. The summed E-state index contributed by atoms with van der Waals surface area (Å²) in [4.78, 5) is 26.8. The van der Waals surface area contributed by atoms with Crippen molar-refractivity contribution < 1.29 is 19.4 Å². The van der Waals surface area contributed by atoms with Crippen molar-refractivity contribution in [3.8, 4) is 0 Å². The van der Waals surface area contributed by atoms with Crippen LogP contribution in [0.4, 0.5) is 9.59 Å². The number of nitrogens with one attached hydrogen (secondary N) is 1. The molecule has 0 aliphatic carbocycles. The molecule has 7 nitrogen and oxygen atoms in total. The largest absolute Gasteiger partial charge is 0.465 e. The summed E-state index contributed by atoms with van der Waals surface area (Å²) in [5, 5.41) is 11.9. The number of benzene rings is 1. The van der Waals surface area contributed by atoms with E-state index in [1.165, 1.54) is 4.90 Å². The number of ether oxygens (including phenoxy) is 1. The van der Waals surface area contributed by atoms with Crippen LogP contribution in [-0.4, -0.2) is 65.9 Å². The van der Waals surface area contributed by atoms with Crippen LogP contribution in [0.5, 0.6) is 0 Å². The average Bonchev–Trinajstić information content (AvgIpc) is 2.59. The summed E-state index contributed by atoms with van der Waals surface area (Å²) in [5.41, 5.74) is 0.968. The van der Waals surface area contributed by atoms with Crippen molar-refractivity contribution in [3.05, 3.63) is 35.9 Å². The van der Waals surface area contributed by atoms with Crippen molar-refractivity contribution in [1.29, 1.82) is 0 Å². The Bertz CT molecular complexity index is 633. The number of carbonyl (C=O) groups excluding carboxylic acids is 1. The molecule has 0 aromatic heterocycles. The number of amides is 2. The molecule has 2 saturated heterocycles.